The number of methoxy groups -OCH3 is 1. The van der Waals surface area contributed by atoms with Gasteiger partial charge in [-0.05, 0) is 57.5 Å². The molecule has 0 saturated carbocycles. The van der Waals surface area contributed by atoms with Crippen molar-refractivity contribution in [1.82, 2.24) is 24.4 Å². The first-order chi connectivity index (χ1) is 19.8. The average molecular weight is 582 g/mol. The number of amides is 1. The van der Waals surface area contributed by atoms with E-state index in [1.165, 1.54) is 20.2 Å². The highest BCUT2D eigenvalue weighted by molar-refractivity contribution is 6.00. The van der Waals surface area contributed by atoms with Gasteiger partial charge in [0.15, 0.2) is 11.3 Å². The zero-order valence-electron chi connectivity index (χ0n) is 24.2. The van der Waals surface area contributed by atoms with E-state index < -0.39 is 23.4 Å². The molecule has 1 fully saturated rings. The molecule has 1 aliphatic rings. The van der Waals surface area contributed by atoms with Gasteiger partial charge < -0.3 is 14.7 Å². The summed E-state index contributed by atoms with van der Waals surface area (Å²) in [4.78, 5) is 22.2. The van der Waals surface area contributed by atoms with E-state index in [2.05, 4.69) is 15.0 Å². The SMILES string of the molecule is COc1ccc(-c2nc3c(C(=O)N4CCN([C@@H](c5ccccc5)C(C)(C)O)C[C@H]4C)cnn3c(C(F)(F)F)c2C)cc1. The first-order valence-electron chi connectivity index (χ1n) is 13.7. The fraction of sp³-hybridized carbons (Fsp3) is 0.387. The van der Waals surface area contributed by atoms with Crippen LogP contribution >= 0.6 is 0 Å². The molecule has 0 radical (unpaired) electrons. The molecule has 2 atom stereocenters. The number of ether oxygens (including phenoxy) is 1. The Labute approximate surface area is 242 Å². The van der Waals surface area contributed by atoms with Crippen molar-refractivity contribution in [2.24, 2.45) is 0 Å². The van der Waals surface area contributed by atoms with Crippen LogP contribution in [0.5, 0.6) is 5.75 Å². The Kier molecular flexibility index (Phi) is 7.76. The number of hydrogen-bond donors (Lipinski definition) is 1. The fourth-order valence-corrected chi connectivity index (χ4v) is 5.97. The summed E-state index contributed by atoms with van der Waals surface area (Å²) in [6, 6.07) is 15.7. The van der Waals surface area contributed by atoms with Gasteiger partial charge in [0.05, 0.1) is 30.6 Å². The number of piperazine rings is 1. The lowest BCUT2D eigenvalue weighted by Crippen LogP contribution is -2.57. The number of nitrogens with zero attached hydrogens (tertiary/aromatic N) is 5. The molecule has 2 aromatic heterocycles. The van der Waals surface area contributed by atoms with Gasteiger partial charge in [0.2, 0.25) is 0 Å². The van der Waals surface area contributed by atoms with Crippen molar-refractivity contribution in [1.29, 1.82) is 0 Å². The zero-order chi connectivity index (χ0) is 30.4. The minimum absolute atomic E-state index is 0.00217. The van der Waals surface area contributed by atoms with Crippen molar-refractivity contribution in [3.63, 3.8) is 0 Å². The van der Waals surface area contributed by atoms with Crippen LogP contribution in [0.1, 0.15) is 54.0 Å². The molecule has 42 heavy (non-hydrogen) atoms. The minimum atomic E-state index is -4.73. The molecule has 1 aliphatic heterocycles. The summed E-state index contributed by atoms with van der Waals surface area (Å²) in [6.45, 7) is 8.02. The van der Waals surface area contributed by atoms with E-state index in [1.54, 1.807) is 43.0 Å². The van der Waals surface area contributed by atoms with Crippen molar-refractivity contribution in [2.75, 3.05) is 26.7 Å². The largest absolute Gasteiger partial charge is 0.497 e. The van der Waals surface area contributed by atoms with Crippen molar-refractivity contribution in [3.05, 3.63) is 83.2 Å². The minimum Gasteiger partial charge on any atom is -0.497 e. The summed E-state index contributed by atoms with van der Waals surface area (Å²) in [7, 11) is 1.50. The monoisotopic (exact) mass is 581 g/mol. The molecule has 1 amide bonds. The summed E-state index contributed by atoms with van der Waals surface area (Å²) < 4.78 is 48.9. The first kappa shape index (κ1) is 29.5. The molecule has 5 rings (SSSR count). The number of halogens is 3. The number of aromatic nitrogens is 3. The number of benzene rings is 2. The van der Waals surface area contributed by atoms with Crippen molar-refractivity contribution >= 4 is 11.6 Å². The lowest BCUT2D eigenvalue weighted by Gasteiger charge is -2.46. The number of fused-ring (bicyclic) bond motifs is 1. The van der Waals surface area contributed by atoms with Crippen molar-refractivity contribution < 1.29 is 27.8 Å². The maximum Gasteiger partial charge on any atom is 0.433 e. The average Bonchev–Trinajstić information content (AvgIpc) is 3.35. The van der Waals surface area contributed by atoms with E-state index in [-0.39, 0.29) is 34.6 Å². The first-order valence-corrected chi connectivity index (χ1v) is 13.7. The van der Waals surface area contributed by atoms with Crippen LogP contribution in [0.15, 0.2) is 60.8 Å². The zero-order valence-corrected chi connectivity index (χ0v) is 24.2. The van der Waals surface area contributed by atoms with Crippen LogP contribution in [0, 0.1) is 6.92 Å². The summed E-state index contributed by atoms with van der Waals surface area (Å²) in [5.74, 6) is 0.114. The fourth-order valence-electron chi connectivity index (χ4n) is 5.97. The van der Waals surface area contributed by atoms with Gasteiger partial charge in [-0.25, -0.2) is 9.50 Å². The van der Waals surface area contributed by atoms with E-state index in [0.29, 0.717) is 30.9 Å². The van der Waals surface area contributed by atoms with Crippen molar-refractivity contribution in [2.45, 2.75) is 51.6 Å². The predicted molar refractivity (Wildman–Crippen MR) is 152 cm³/mol. The number of alkyl halides is 3. The van der Waals surface area contributed by atoms with Gasteiger partial charge in [0.1, 0.15) is 11.3 Å². The molecule has 2 aromatic carbocycles. The van der Waals surface area contributed by atoms with Crippen molar-refractivity contribution in [3.8, 4) is 17.0 Å². The molecular formula is C31H34F3N5O3. The molecule has 1 N–H and O–H groups in total. The standard InChI is InChI=1S/C31H34F3N5O3/c1-19-18-37(27(30(3,4)41)22-9-7-6-8-10-22)15-16-38(19)29(40)24-17-35-39-26(31(32,33)34)20(2)25(36-28(24)39)21-11-13-23(42-5)14-12-21/h6-14,17,19,27,41H,15-16,18H2,1-5H3/t19-,27+/m1/s1. The second-order valence-electron chi connectivity index (χ2n) is 11.3. The number of aliphatic hydroxyl groups is 1. The number of carbonyl (C=O) groups is 1. The maximum atomic E-state index is 14.3. The second kappa shape index (κ2) is 11.0. The van der Waals surface area contributed by atoms with E-state index in [4.69, 9.17) is 4.74 Å². The van der Waals surface area contributed by atoms with Crippen LogP contribution in [0.25, 0.3) is 16.9 Å². The molecule has 1 saturated heterocycles. The van der Waals surface area contributed by atoms with Gasteiger partial charge in [-0.1, -0.05) is 30.3 Å². The van der Waals surface area contributed by atoms with Gasteiger partial charge in [-0.3, -0.25) is 9.69 Å². The van der Waals surface area contributed by atoms with Crippen LogP contribution in [-0.2, 0) is 6.18 Å². The highest BCUT2D eigenvalue weighted by Gasteiger charge is 2.41. The molecule has 3 heterocycles. The molecule has 0 unspecified atom stereocenters. The van der Waals surface area contributed by atoms with Crippen LogP contribution in [-0.4, -0.2) is 73.8 Å². The molecule has 8 nitrogen and oxygen atoms in total. The normalized spacial score (nSPS) is 17.5. The Bertz CT molecular complexity index is 1580. The summed E-state index contributed by atoms with van der Waals surface area (Å²) in [5.41, 5.74) is -0.751. The van der Waals surface area contributed by atoms with Crippen LogP contribution in [0.2, 0.25) is 0 Å². The number of rotatable bonds is 6. The van der Waals surface area contributed by atoms with E-state index in [0.717, 1.165) is 10.1 Å². The Balaban J connectivity index is 1.50. The molecular weight excluding hydrogens is 547 g/mol. The summed E-state index contributed by atoms with van der Waals surface area (Å²) in [5, 5.41) is 15.0. The molecule has 11 heteroatoms. The van der Waals surface area contributed by atoms with E-state index in [9.17, 15) is 23.1 Å². The van der Waals surface area contributed by atoms with Gasteiger partial charge in [-0.2, -0.15) is 18.3 Å². The third-order valence-electron chi connectivity index (χ3n) is 7.82. The molecule has 0 aliphatic carbocycles. The third-order valence-corrected chi connectivity index (χ3v) is 7.82. The van der Waals surface area contributed by atoms with Gasteiger partial charge >= 0.3 is 6.18 Å². The highest BCUT2D eigenvalue weighted by atomic mass is 19.4. The summed E-state index contributed by atoms with van der Waals surface area (Å²) >= 11 is 0. The molecule has 222 valence electrons. The topological polar surface area (TPSA) is 83.2 Å². The second-order valence-corrected chi connectivity index (χ2v) is 11.3. The number of hydrogen-bond acceptors (Lipinski definition) is 6. The van der Waals surface area contributed by atoms with Crippen LogP contribution < -0.4 is 4.74 Å². The van der Waals surface area contributed by atoms with Crippen LogP contribution in [0.3, 0.4) is 0 Å². The van der Waals surface area contributed by atoms with E-state index >= 15 is 0 Å². The lowest BCUT2D eigenvalue weighted by molar-refractivity contribution is -0.143. The molecule has 0 bridgehead atoms. The Morgan fingerprint density at radius 2 is 1.74 bits per heavy atom. The van der Waals surface area contributed by atoms with Crippen LogP contribution in [0.4, 0.5) is 13.2 Å². The third kappa shape index (κ3) is 5.46. The molecule has 4 aromatic rings. The van der Waals surface area contributed by atoms with E-state index in [1.807, 2.05) is 37.3 Å². The predicted octanol–water partition coefficient (Wildman–Crippen LogP) is 5.39. The quantitative estimate of drug-likeness (QED) is 0.329. The maximum absolute atomic E-state index is 14.3. The number of carbonyl (C=O) groups excluding carboxylic acids is 1. The summed E-state index contributed by atoms with van der Waals surface area (Å²) in [6.07, 6.45) is -3.57. The van der Waals surface area contributed by atoms with Gasteiger partial charge in [0.25, 0.3) is 5.91 Å². The lowest BCUT2D eigenvalue weighted by atomic mass is 9.89. The molecule has 0 spiro atoms. The smallest absolute Gasteiger partial charge is 0.433 e. The Morgan fingerprint density at radius 3 is 2.31 bits per heavy atom. The Morgan fingerprint density at radius 1 is 1.07 bits per heavy atom. The van der Waals surface area contributed by atoms with Gasteiger partial charge in [-0.15, -0.1) is 0 Å². The Hall–Kier alpha value is -3.96. The highest BCUT2D eigenvalue weighted by Crippen LogP contribution is 2.38. The van der Waals surface area contributed by atoms with Gasteiger partial charge in [0, 0.05) is 36.8 Å².